The number of urea groups is 1. The molecule has 1 aromatic heterocycles. The average molecular weight is 393 g/mol. The van der Waals surface area contributed by atoms with E-state index >= 15 is 0 Å². The van der Waals surface area contributed by atoms with Crippen molar-refractivity contribution in [1.29, 1.82) is 5.26 Å². The molecule has 1 fully saturated rings. The molecule has 0 unspecified atom stereocenters. The summed E-state index contributed by atoms with van der Waals surface area (Å²) < 4.78 is 0. The summed E-state index contributed by atoms with van der Waals surface area (Å²) in [4.78, 5) is 24.4. The van der Waals surface area contributed by atoms with Crippen molar-refractivity contribution in [3.8, 4) is 6.07 Å². The van der Waals surface area contributed by atoms with E-state index in [-0.39, 0.29) is 0 Å². The Labute approximate surface area is 171 Å². The lowest BCUT2D eigenvalue weighted by Crippen LogP contribution is -2.41. The SMILES string of the molecule is CN(C)c1ccnc(N[C@H]2CC[C@@H](CN(C(N)=O)c3ccc(C#N)cc3)CC2)n1. The van der Waals surface area contributed by atoms with Gasteiger partial charge in [-0.05, 0) is 61.9 Å². The molecule has 1 aliphatic rings. The van der Waals surface area contributed by atoms with Crippen molar-refractivity contribution in [3.05, 3.63) is 42.1 Å². The monoisotopic (exact) mass is 393 g/mol. The number of nitrogens with one attached hydrogen (secondary N) is 1. The minimum Gasteiger partial charge on any atom is -0.363 e. The zero-order chi connectivity index (χ0) is 20.8. The Balaban J connectivity index is 1.56. The molecule has 8 nitrogen and oxygen atoms in total. The third-order valence-corrected chi connectivity index (χ3v) is 5.29. The van der Waals surface area contributed by atoms with E-state index in [2.05, 4.69) is 21.4 Å². The number of nitrogens with two attached hydrogens (primary N) is 1. The first-order valence-electron chi connectivity index (χ1n) is 9.80. The smallest absolute Gasteiger partial charge is 0.319 e. The Morgan fingerprint density at radius 1 is 1.21 bits per heavy atom. The molecule has 0 bridgehead atoms. The molecular weight excluding hydrogens is 366 g/mol. The van der Waals surface area contributed by atoms with E-state index in [1.807, 2.05) is 25.1 Å². The van der Waals surface area contributed by atoms with Gasteiger partial charge >= 0.3 is 6.03 Å². The molecule has 1 aromatic carbocycles. The summed E-state index contributed by atoms with van der Waals surface area (Å²) in [5.74, 6) is 1.90. The number of amides is 2. The fraction of sp³-hybridized carbons (Fsp3) is 0.429. The van der Waals surface area contributed by atoms with E-state index in [0.29, 0.717) is 30.0 Å². The fourth-order valence-corrected chi connectivity index (χ4v) is 3.64. The number of carbonyl (C=O) groups excluding carboxylic acids is 1. The van der Waals surface area contributed by atoms with Gasteiger partial charge in [0.25, 0.3) is 0 Å². The zero-order valence-corrected chi connectivity index (χ0v) is 16.9. The van der Waals surface area contributed by atoms with Crippen LogP contribution in [0, 0.1) is 17.2 Å². The number of hydrogen-bond donors (Lipinski definition) is 2. The van der Waals surface area contributed by atoms with Crippen LogP contribution in [0.3, 0.4) is 0 Å². The van der Waals surface area contributed by atoms with Gasteiger partial charge in [0.2, 0.25) is 5.95 Å². The van der Waals surface area contributed by atoms with Crippen molar-refractivity contribution >= 4 is 23.5 Å². The third kappa shape index (κ3) is 5.35. The van der Waals surface area contributed by atoms with Crippen molar-refractivity contribution in [2.75, 3.05) is 35.8 Å². The highest BCUT2D eigenvalue weighted by Gasteiger charge is 2.25. The molecule has 8 heteroatoms. The summed E-state index contributed by atoms with van der Waals surface area (Å²) in [5.41, 5.74) is 6.90. The van der Waals surface area contributed by atoms with Crippen molar-refractivity contribution < 1.29 is 4.79 Å². The molecule has 0 saturated heterocycles. The number of primary amides is 1. The quantitative estimate of drug-likeness (QED) is 0.780. The number of rotatable bonds is 6. The van der Waals surface area contributed by atoms with E-state index in [1.165, 1.54) is 0 Å². The maximum atomic E-state index is 12.0. The summed E-state index contributed by atoms with van der Waals surface area (Å²) in [7, 11) is 3.91. The Morgan fingerprint density at radius 2 is 1.90 bits per heavy atom. The fourth-order valence-electron chi connectivity index (χ4n) is 3.64. The second-order valence-electron chi connectivity index (χ2n) is 7.60. The summed E-state index contributed by atoms with van der Waals surface area (Å²) in [6, 6.07) is 10.8. The van der Waals surface area contributed by atoms with Gasteiger partial charge in [-0.1, -0.05) is 0 Å². The average Bonchev–Trinajstić information content (AvgIpc) is 2.73. The maximum absolute atomic E-state index is 12.0. The molecule has 2 amide bonds. The molecular formula is C21H27N7O. The van der Waals surface area contributed by atoms with E-state index in [4.69, 9.17) is 11.0 Å². The van der Waals surface area contributed by atoms with E-state index in [0.717, 1.165) is 37.2 Å². The van der Waals surface area contributed by atoms with Gasteiger partial charge in [0.05, 0.1) is 11.6 Å². The Hall–Kier alpha value is -3.34. The van der Waals surface area contributed by atoms with Gasteiger partial charge in [-0.2, -0.15) is 10.2 Å². The highest BCUT2D eigenvalue weighted by Crippen LogP contribution is 2.28. The van der Waals surface area contributed by atoms with Crippen molar-refractivity contribution in [2.24, 2.45) is 11.7 Å². The van der Waals surface area contributed by atoms with Gasteiger partial charge in [0.1, 0.15) is 5.82 Å². The predicted octanol–water partition coefficient (Wildman–Crippen LogP) is 2.97. The van der Waals surface area contributed by atoms with Gasteiger partial charge in [0.15, 0.2) is 0 Å². The molecule has 0 atom stereocenters. The molecule has 1 aliphatic carbocycles. The lowest BCUT2D eigenvalue weighted by Gasteiger charge is -2.32. The summed E-state index contributed by atoms with van der Waals surface area (Å²) >= 11 is 0. The Morgan fingerprint density at radius 3 is 2.48 bits per heavy atom. The minimum atomic E-state index is -0.469. The number of aromatic nitrogens is 2. The number of hydrogen-bond acceptors (Lipinski definition) is 6. The maximum Gasteiger partial charge on any atom is 0.319 e. The molecule has 1 saturated carbocycles. The first kappa shape index (κ1) is 20.4. The molecule has 3 N–H and O–H groups in total. The first-order valence-corrected chi connectivity index (χ1v) is 9.80. The number of nitriles is 1. The van der Waals surface area contributed by atoms with Crippen LogP contribution >= 0.6 is 0 Å². The molecule has 29 heavy (non-hydrogen) atoms. The van der Waals surface area contributed by atoms with E-state index in [9.17, 15) is 4.79 Å². The van der Waals surface area contributed by atoms with Crippen LogP contribution in [-0.2, 0) is 0 Å². The van der Waals surface area contributed by atoms with Crippen LogP contribution in [-0.4, -0.2) is 42.7 Å². The normalized spacial score (nSPS) is 18.5. The predicted molar refractivity (Wildman–Crippen MR) is 114 cm³/mol. The molecule has 3 rings (SSSR count). The summed E-state index contributed by atoms with van der Waals surface area (Å²) in [6.07, 6.45) is 5.72. The largest absolute Gasteiger partial charge is 0.363 e. The molecule has 0 radical (unpaired) electrons. The molecule has 152 valence electrons. The van der Waals surface area contributed by atoms with Crippen molar-refractivity contribution in [1.82, 2.24) is 9.97 Å². The number of anilines is 3. The number of benzene rings is 1. The van der Waals surface area contributed by atoms with Gasteiger partial charge < -0.3 is 16.0 Å². The Kier molecular flexibility index (Phi) is 6.50. The van der Waals surface area contributed by atoms with Crippen LogP contribution < -0.4 is 20.9 Å². The van der Waals surface area contributed by atoms with Crippen LogP contribution in [0.4, 0.5) is 22.2 Å². The molecule has 0 aliphatic heterocycles. The third-order valence-electron chi connectivity index (χ3n) is 5.29. The van der Waals surface area contributed by atoms with Crippen LogP contribution in [0.2, 0.25) is 0 Å². The number of carbonyl (C=O) groups is 1. The molecule has 1 heterocycles. The second-order valence-corrected chi connectivity index (χ2v) is 7.60. The van der Waals surface area contributed by atoms with Gasteiger partial charge in [-0.25, -0.2) is 9.78 Å². The van der Waals surface area contributed by atoms with E-state index in [1.54, 1.807) is 35.4 Å². The lowest BCUT2D eigenvalue weighted by atomic mass is 9.85. The minimum absolute atomic E-state index is 0.320. The van der Waals surface area contributed by atoms with Crippen LogP contribution in [0.5, 0.6) is 0 Å². The summed E-state index contributed by atoms with van der Waals surface area (Å²) in [6.45, 7) is 0.584. The topological polar surface area (TPSA) is 111 Å². The van der Waals surface area contributed by atoms with Crippen molar-refractivity contribution in [3.63, 3.8) is 0 Å². The van der Waals surface area contributed by atoms with Crippen molar-refractivity contribution in [2.45, 2.75) is 31.7 Å². The zero-order valence-electron chi connectivity index (χ0n) is 16.9. The summed E-state index contributed by atoms with van der Waals surface area (Å²) in [5, 5.41) is 12.4. The van der Waals surface area contributed by atoms with Crippen LogP contribution in [0.1, 0.15) is 31.2 Å². The van der Waals surface area contributed by atoms with Gasteiger partial charge in [-0.3, -0.25) is 4.90 Å². The van der Waals surface area contributed by atoms with Crippen LogP contribution in [0.15, 0.2) is 36.5 Å². The second kappa shape index (κ2) is 9.24. The molecule has 0 spiro atoms. The Bertz CT molecular complexity index is 867. The number of nitrogens with zero attached hydrogens (tertiary/aromatic N) is 5. The van der Waals surface area contributed by atoms with Crippen LogP contribution in [0.25, 0.3) is 0 Å². The lowest BCUT2D eigenvalue weighted by molar-refractivity contribution is 0.250. The highest BCUT2D eigenvalue weighted by atomic mass is 16.2. The van der Waals surface area contributed by atoms with Gasteiger partial charge in [-0.15, -0.1) is 0 Å². The van der Waals surface area contributed by atoms with Gasteiger partial charge in [0, 0.05) is 38.6 Å². The van der Waals surface area contributed by atoms with E-state index < -0.39 is 6.03 Å². The first-order chi connectivity index (χ1) is 14.0. The standard InChI is InChI=1S/C21H27N7O/c1-27(2)19-11-12-24-21(26-19)25-17-7-3-16(4-8-17)14-28(20(23)29)18-9-5-15(13-22)6-10-18/h5-6,9-12,16-17H,3-4,7-8,14H2,1-2H3,(H2,23,29)(H,24,25,26)/t16-,17+. The highest BCUT2D eigenvalue weighted by molar-refractivity contribution is 5.90. The molecule has 2 aromatic rings.